The van der Waals surface area contributed by atoms with Gasteiger partial charge in [0.25, 0.3) is 0 Å². The summed E-state index contributed by atoms with van der Waals surface area (Å²) in [6.07, 6.45) is 1.23. The highest BCUT2D eigenvalue weighted by molar-refractivity contribution is 5.76. The summed E-state index contributed by atoms with van der Waals surface area (Å²) in [7, 11) is 0. The number of benzene rings is 1. The standard InChI is InChI=1S/C16H26N2O/c1-10-8-11(2)14(5)15(13(10)4)9-18-16(19)7-6-12(3)17/h8,12H,6-7,9,17H2,1-5H3,(H,18,19). The van der Waals surface area contributed by atoms with Crippen LogP contribution in [0.15, 0.2) is 6.07 Å². The Morgan fingerprint density at radius 3 is 2.21 bits per heavy atom. The van der Waals surface area contributed by atoms with Crippen LogP contribution in [0.2, 0.25) is 0 Å². The molecule has 1 atom stereocenters. The molecule has 0 saturated carbocycles. The lowest BCUT2D eigenvalue weighted by Crippen LogP contribution is -2.26. The van der Waals surface area contributed by atoms with Crippen molar-refractivity contribution < 1.29 is 4.79 Å². The minimum Gasteiger partial charge on any atom is -0.352 e. The molecule has 0 heterocycles. The lowest BCUT2D eigenvalue weighted by molar-refractivity contribution is -0.121. The third-order valence-corrected chi connectivity index (χ3v) is 3.81. The molecule has 0 saturated heterocycles. The van der Waals surface area contributed by atoms with Crippen molar-refractivity contribution in [3.05, 3.63) is 33.9 Å². The predicted octanol–water partition coefficient (Wildman–Crippen LogP) is 2.66. The van der Waals surface area contributed by atoms with Gasteiger partial charge >= 0.3 is 0 Å². The maximum Gasteiger partial charge on any atom is 0.220 e. The van der Waals surface area contributed by atoms with Crippen molar-refractivity contribution in [3.8, 4) is 0 Å². The first-order chi connectivity index (χ1) is 8.82. The number of carbonyl (C=O) groups excluding carboxylic acids is 1. The predicted molar refractivity (Wildman–Crippen MR) is 80.1 cm³/mol. The minimum atomic E-state index is 0.0789. The summed E-state index contributed by atoms with van der Waals surface area (Å²) >= 11 is 0. The Kier molecular flexibility index (Phi) is 5.55. The topological polar surface area (TPSA) is 55.1 Å². The van der Waals surface area contributed by atoms with E-state index >= 15 is 0 Å². The van der Waals surface area contributed by atoms with E-state index in [4.69, 9.17) is 5.73 Å². The van der Waals surface area contributed by atoms with Crippen LogP contribution in [-0.2, 0) is 11.3 Å². The molecule has 0 aromatic heterocycles. The van der Waals surface area contributed by atoms with E-state index in [9.17, 15) is 4.79 Å². The fourth-order valence-electron chi connectivity index (χ4n) is 2.20. The molecule has 1 aromatic carbocycles. The Labute approximate surface area is 116 Å². The number of nitrogens with one attached hydrogen (secondary N) is 1. The molecule has 1 aromatic rings. The molecule has 0 aliphatic heterocycles. The van der Waals surface area contributed by atoms with Gasteiger partial charge in [-0.25, -0.2) is 0 Å². The van der Waals surface area contributed by atoms with Crippen LogP contribution in [0.4, 0.5) is 0 Å². The summed E-state index contributed by atoms with van der Waals surface area (Å²) in [5.74, 6) is 0.0789. The number of hydrogen-bond donors (Lipinski definition) is 2. The highest BCUT2D eigenvalue weighted by atomic mass is 16.1. The molecule has 1 unspecified atom stereocenters. The lowest BCUT2D eigenvalue weighted by Gasteiger charge is -2.16. The summed E-state index contributed by atoms with van der Waals surface area (Å²) in [5, 5.41) is 3.00. The van der Waals surface area contributed by atoms with Gasteiger partial charge in [-0.05, 0) is 68.9 Å². The molecule has 1 rings (SSSR count). The largest absolute Gasteiger partial charge is 0.352 e. The van der Waals surface area contributed by atoms with Crippen LogP contribution in [0.25, 0.3) is 0 Å². The first kappa shape index (κ1) is 15.7. The minimum absolute atomic E-state index is 0.0789. The molecular weight excluding hydrogens is 236 g/mol. The van der Waals surface area contributed by atoms with Crippen molar-refractivity contribution in [2.75, 3.05) is 0 Å². The SMILES string of the molecule is Cc1cc(C)c(C)c(CNC(=O)CCC(C)N)c1C. The van der Waals surface area contributed by atoms with E-state index < -0.39 is 0 Å². The zero-order valence-corrected chi connectivity index (χ0v) is 12.8. The number of amides is 1. The van der Waals surface area contributed by atoms with Crippen molar-refractivity contribution in [2.24, 2.45) is 5.73 Å². The van der Waals surface area contributed by atoms with E-state index in [2.05, 4.69) is 39.1 Å². The molecule has 106 valence electrons. The van der Waals surface area contributed by atoms with E-state index in [1.165, 1.54) is 27.8 Å². The van der Waals surface area contributed by atoms with E-state index in [0.29, 0.717) is 13.0 Å². The Morgan fingerprint density at radius 2 is 1.74 bits per heavy atom. The van der Waals surface area contributed by atoms with Gasteiger partial charge in [-0.2, -0.15) is 0 Å². The third kappa shape index (κ3) is 4.35. The third-order valence-electron chi connectivity index (χ3n) is 3.81. The molecule has 0 bridgehead atoms. The number of rotatable bonds is 5. The average molecular weight is 262 g/mol. The Balaban J connectivity index is 2.70. The van der Waals surface area contributed by atoms with Gasteiger partial charge in [0.15, 0.2) is 0 Å². The maximum atomic E-state index is 11.7. The fourth-order valence-corrected chi connectivity index (χ4v) is 2.20. The van der Waals surface area contributed by atoms with Crippen molar-refractivity contribution in [1.82, 2.24) is 5.32 Å². The number of aryl methyl sites for hydroxylation is 2. The fraction of sp³-hybridized carbons (Fsp3) is 0.562. The second kappa shape index (κ2) is 6.71. The molecule has 3 heteroatoms. The second-order valence-electron chi connectivity index (χ2n) is 5.53. The summed E-state index contributed by atoms with van der Waals surface area (Å²) in [6.45, 7) is 11.0. The van der Waals surface area contributed by atoms with Gasteiger partial charge < -0.3 is 11.1 Å². The number of carbonyl (C=O) groups is 1. The number of nitrogens with two attached hydrogens (primary N) is 1. The highest BCUT2D eigenvalue weighted by Gasteiger charge is 2.10. The van der Waals surface area contributed by atoms with Crippen LogP contribution < -0.4 is 11.1 Å². The summed E-state index contributed by atoms with van der Waals surface area (Å²) in [6, 6.07) is 2.28. The van der Waals surface area contributed by atoms with Crippen molar-refractivity contribution in [2.45, 2.75) is 60.0 Å². The maximum absolute atomic E-state index is 11.7. The average Bonchev–Trinajstić information content (AvgIpc) is 2.34. The van der Waals surface area contributed by atoms with Gasteiger partial charge in [-0.3, -0.25) is 4.79 Å². The van der Waals surface area contributed by atoms with Crippen LogP contribution in [0, 0.1) is 27.7 Å². The van der Waals surface area contributed by atoms with E-state index in [0.717, 1.165) is 6.42 Å². The first-order valence-electron chi connectivity index (χ1n) is 6.91. The molecule has 0 fully saturated rings. The molecule has 3 N–H and O–H groups in total. The second-order valence-corrected chi connectivity index (χ2v) is 5.53. The lowest BCUT2D eigenvalue weighted by atomic mass is 9.94. The van der Waals surface area contributed by atoms with Gasteiger partial charge in [-0.15, -0.1) is 0 Å². The van der Waals surface area contributed by atoms with Gasteiger partial charge in [0.2, 0.25) is 5.91 Å². The van der Waals surface area contributed by atoms with Gasteiger partial charge in [0.1, 0.15) is 0 Å². The molecule has 3 nitrogen and oxygen atoms in total. The Morgan fingerprint density at radius 1 is 1.21 bits per heavy atom. The monoisotopic (exact) mass is 262 g/mol. The molecule has 0 aliphatic rings. The van der Waals surface area contributed by atoms with Crippen LogP contribution >= 0.6 is 0 Å². The van der Waals surface area contributed by atoms with Crippen LogP contribution in [0.1, 0.15) is 47.6 Å². The first-order valence-corrected chi connectivity index (χ1v) is 6.91. The highest BCUT2D eigenvalue weighted by Crippen LogP contribution is 2.21. The summed E-state index contributed by atoms with van der Waals surface area (Å²) in [4.78, 5) is 11.7. The van der Waals surface area contributed by atoms with Gasteiger partial charge in [0, 0.05) is 19.0 Å². The van der Waals surface area contributed by atoms with Gasteiger partial charge in [0.05, 0.1) is 0 Å². The van der Waals surface area contributed by atoms with Crippen molar-refractivity contribution >= 4 is 5.91 Å². The normalized spacial score (nSPS) is 12.3. The quantitative estimate of drug-likeness (QED) is 0.857. The molecule has 0 aliphatic carbocycles. The van der Waals surface area contributed by atoms with E-state index in [1.54, 1.807) is 0 Å². The van der Waals surface area contributed by atoms with Crippen LogP contribution in [0.3, 0.4) is 0 Å². The Bertz CT molecular complexity index is 438. The summed E-state index contributed by atoms with van der Waals surface area (Å²) < 4.78 is 0. The molecule has 1 amide bonds. The van der Waals surface area contributed by atoms with E-state index in [1.807, 2.05) is 6.92 Å². The summed E-state index contributed by atoms with van der Waals surface area (Å²) in [5.41, 5.74) is 12.0. The van der Waals surface area contributed by atoms with Crippen LogP contribution in [-0.4, -0.2) is 11.9 Å². The molecule has 19 heavy (non-hydrogen) atoms. The zero-order valence-electron chi connectivity index (χ0n) is 12.8. The van der Waals surface area contributed by atoms with Crippen molar-refractivity contribution in [1.29, 1.82) is 0 Å². The molecular formula is C16H26N2O. The smallest absolute Gasteiger partial charge is 0.220 e. The zero-order chi connectivity index (χ0) is 14.6. The number of hydrogen-bond acceptors (Lipinski definition) is 2. The van der Waals surface area contributed by atoms with Crippen LogP contribution in [0.5, 0.6) is 0 Å². The molecule has 0 spiro atoms. The van der Waals surface area contributed by atoms with Gasteiger partial charge in [-0.1, -0.05) is 6.07 Å². The Hall–Kier alpha value is -1.35. The molecule has 0 radical (unpaired) electrons. The van der Waals surface area contributed by atoms with Crippen molar-refractivity contribution in [3.63, 3.8) is 0 Å². The van der Waals surface area contributed by atoms with E-state index in [-0.39, 0.29) is 11.9 Å².